The molecular formula is C7H11N3O2. The molecule has 2 heterocycles. The predicted octanol–water partition coefficient (Wildman–Crippen LogP) is 0.0389. The Bertz CT molecular complexity index is 255. The minimum atomic E-state index is 0.0694. The Balaban J connectivity index is 2.08. The van der Waals surface area contributed by atoms with E-state index >= 15 is 0 Å². The quantitative estimate of drug-likeness (QED) is 0.643. The lowest BCUT2D eigenvalue weighted by molar-refractivity contribution is 0.0659. The lowest BCUT2D eigenvalue weighted by Gasteiger charge is -2.20. The normalized spacial score (nSPS) is 24.2. The molecule has 66 valence electrons. The molecular weight excluding hydrogens is 158 g/mol. The predicted molar refractivity (Wildman–Crippen MR) is 40.6 cm³/mol. The number of hydrogen-bond acceptors (Lipinski definition) is 5. The number of nitrogens with zero attached hydrogens (tertiary/aromatic N) is 2. The summed E-state index contributed by atoms with van der Waals surface area (Å²) in [6, 6.07) is 0.0694. The van der Waals surface area contributed by atoms with E-state index in [2.05, 4.69) is 15.5 Å². The molecule has 1 atom stereocenters. The van der Waals surface area contributed by atoms with Gasteiger partial charge in [0.25, 0.3) is 0 Å². The van der Waals surface area contributed by atoms with Crippen LogP contribution in [-0.2, 0) is 4.74 Å². The van der Waals surface area contributed by atoms with Crippen LogP contribution in [0.4, 0.5) is 0 Å². The summed E-state index contributed by atoms with van der Waals surface area (Å²) in [5.41, 5.74) is 0. The summed E-state index contributed by atoms with van der Waals surface area (Å²) in [4.78, 5) is 4.11. The van der Waals surface area contributed by atoms with E-state index in [-0.39, 0.29) is 6.04 Å². The average Bonchev–Trinajstić information content (AvgIpc) is 2.54. The molecule has 1 aliphatic rings. The second-order valence-corrected chi connectivity index (χ2v) is 2.76. The van der Waals surface area contributed by atoms with E-state index < -0.39 is 0 Å². The Morgan fingerprint density at radius 3 is 3.08 bits per heavy atom. The van der Waals surface area contributed by atoms with E-state index in [9.17, 15) is 0 Å². The van der Waals surface area contributed by atoms with Gasteiger partial charge in [-0.2, -0.15) is 4.98 Å². The van der Waals surface area contributed by atoms with Gasteiger partial charge in [-0.05, 0) is 6.92 Å². The van der Waals surface area contributed by atoms with Gasteiger partial charge >= 0.3 is 0 Å². The molecule has 0 spiro atoms. The summed E-state index contributed by atoms with van der Waals surface area (Å²) in [7, 11) is 0. The van der Waals surface area contributed by atoms with E-state index in [0.29, 0.717) is 18.3 Å². The first kappa shape index (κ1) is 7.70. The van der Waals surface area contributed by atoms with Gasteiger partial charge in [-0.1, -0.05) is 5.16 Å². The maximum Gasteiger partial charge on any atom is 0.246 e. The van der Waals surface area contributed by atoms with Gasteiger partial charge < -0.3 is 14.6 Å². The number of rotatable bonds is 1. The molecule has 12 heavy (non-hydrogen) atoms. The molecule has 0 bridgehead atoms. The van der Waals surface area contributed by atoms with Crippen LogP contribution >= 0.6 is 0 Å². The fourth-order valence-electron chi connectivity index (χ4n) is 1.18. The first-order valence-corrected chi connectivity index (χ1v) is 3.97. The van der Waals surface area contributed by atoms with Crippen LogP contribution in [-0.4, -0.2) is 29.9 Å². The van der Waals surface area contributed by atoms with Crippen molar-refractivity contribution in [1.29, 1.82) is 0 Å². The van der Waals surface area contributed by atoms with E-state index in [4.69, 9.17) is 9.26 Å². The van der Waals surface area contributed by atoms with Crippen molar-refractivity contribution in [2.45, 2.75) is 13.0 Å². The molecule has 5 nitrogen and oxygen atoms in total. The number of ether oxygens (including phenoxy) is 1. The monoisotopic (exact) mass is 169 g/mol. The van der Waals surface area contributed by atoms with Crippen LogP contribution in [0.1, 0.15) is 17.8 Å². The minimum absolute atomic E-state index is 0.0694. The van der Waals surface area contributed by atoms with Gasteiger partial charge in [0.05, 0.1) is 13.2 Å². The number of hydrogen-bond donors (Lipinski definition) is 1. The van der Waals surface area contributed by atoms with Crippen LogP contribution in [0.15, 0.2) is 4.52 Å². The Morgan fingerprint density at radius 2 is 2.50 bits per heavy atom. The zero-order chi connectivity index (χ0) is 8.39. The first-order valence-electron chi connectivity index (χ1n) is 3.97. The lowest BCUT2D eigenvalue weighted by atomic mass is 10.3. The maximum atomic E-state index is 5.26. The molecule has 1 fully saturated rings. The third kappa shape index (κ3) is 1.46. The zero-order valence-electron chi connectivity index (χ0n) is 6.91. The number of aryl methyl sites for hydroxylation is 1. The fraction of sp³-hybridized carbons (Fsp3) is 0.714. The summed E-state index contributed by atoms with van der Waals surface area (Å²) < 4.78 is 10.3. The molecule has 0 unspecified atom stereocenters. The van der Waals surface area contributed by atoms with Crippen LogP contribution in [0.2, 0.25) is 0 Å². The van der Waals surface area contributed by atoms with Crippen LogP contribution in [0.25, 0.3) is 0 Å². The topological polar surface area (TPSA) is 60.2 Å². The fourth-order valence-corrected chi connectivity index (χ4v) is 1.18. The molecule has 0 radical (unpaired) electrons. The highest BCUT2D eigenvalue weighted by atomic mass is 16.5. The molecule has 1 aromatic rings. The van der Waals surface area contributed by atoms with Crippen LogP contribution in [0, 0.1) is 6.92 Å². The average molecular weight is 169 g/mol. The molecule has 0 saturated carbocycles. The largest absolute Gasteiger partial charge is 0.378 e. The van der Waals surface area contributed by atoms with Crippen LogP contribution in [0.5, 0.6) is 0 Å². The molecule has 0 aliphatic carbocycles. The van der Waals surface area contributed by atoms with Crippen molar-refractivity contribution in [2.75, 3.05) is 19.8 Å². The maximum absolute atomic E-state index is 5.26. The van der Waals surface area contributed by atoms with Crippen molar-refractivity contribution < 1.29 is 9.26 Å². The van der Waals surface area contributed by atoms with E-state index in [1.54, 1.807) is 6.92 Å². The van der Waals surface area contributed by atoms with Crippen LogP contribution in [0.3, 0.4) is 0 Å². The molecule has 5 heteroatoms. The van der Waals surface area contributed by atoms with E-state index in [1.165, 1.54) is 0 Å². The van der Waals surface area contributed by atoms with Gasteiger partial charge in [-0.3, -0.25) is 0 Å². The van der Waals surface area contributed by atoms with Crippen molar-refractivity contribution >= 4 is 0 Å². The van der Waals surface area contributed by atoms with E-state index in [1.807, 2.05) is 0 Å². The molecule has 1 aliphatic heterocycles. The summed E-state index contributed by atoms with van der Waals surface area (Å²) in [6.07, 6.45) is 0. The number of morpholine rings is 1. The second-order valence-electron chi connectivity index (χ2n) is 2.76. The Morgan fingerprint density at radius 1 is 1.58 bits per heavy atom. The summed E-state index contributed by atoms with van der Waals surface area (Å²) in [6.45, 7) is 4.01. The molecule has 1 aromatic heterocycles. The third-order valence-electron chi connectivity index (χ3n) is 1.76. The summed E-state index contributed by atoms with van der Waals surface area (Å²) in [5.74, 6) is 1.28. The third-order valence-corrected chi connectivity index (χ3v) is 1.76. The Hall–Kier alpha value is -0.940. The van der Waals surface area contributed by atoms with Crippen LogP contribution < -0.4 is 5.32 Å². The SMILES string of the molecule is Cc1noc([C@@H]2COCCN2)n1. The van der Waals surface area contributed by atoms with Crippen molar-refractivity contribution in [1.82, 2.24) is 15.5 Å². The smallest absolute Gasteiger partial charge is 0.246 e. The van der Waals surface area contributed by atoms with Gasteiger partial charge in [0.15, 0.2) is 5.82 Å². The number of aromatic nitrogens is 2. The molecule has 0 aromatic carbocycles. The summed E-state index contributed by atoms with van der Waals surface area (Å²) in [5, 5.41) is 6.94. The molecule has 1 N–H and O–H groups in total. The van der Waals surface area contributed by atoms with Crippen molar-refractivity contribution in [3.05, 3.63) is 11.7 Å². The van der Waals surface area contributed by atoms with Crippen molar-refractivity contribution in [3.8, 4) is 0 Å². The van der Waals surface area contributed by atoms with Crippen molar-refractivity contribution in [3.63, 3.8) is 0 Å². The van der Waals surface area contributed by atoms with Gasteiger partial charge in [-0.25, -0.2) is 0 Å². The lowest BCUT2D eigenvalue weighted by Crippen LogP contribution is -2.34. The van der Waals surface area contributed by atoms with E-state index in [0.717, 1.165) is 13.2 Å². The first-order chi connectivity index (χ1) is 5.86. The second kappa shape index (κ2) is 3.20. The van der Waals surface area contributed by atoms with Crippen molar-refractivity contribution in [2.24, 2.45) is 0 Å². The highest BCUT2D eigenvalue weighted by Gasteiger charge is 2.20. The highest BCUT2D eigenvalue weighted by molar-refractivity contribution is 4.92. The van der Waals surface area contributed by atoms with Gasteiger partial charge in [-0.15, -0.1) is 0 Å². The van der Waals surface area contributed by atoms with Gasteiger partial charge in [0.2, 0.25) is 5.89 Å². The zero-order valence-corrected chi connectivity index (χ0v) is 6.91. The highest BCUT2D eigenvalue weighted by Crippen LogP contribution is 2.12. The number of nitrogens with one attached hydrogen (secondary N) is 1. The van der Waals surface area contributed by atoms with Gasteiger partial charge in [0.1, 0.15) is 6.04 Å². The molecule has 1 saturated heterocycles. The summed E-state index contributed by atoms with van der Waals surface area (Å²) >= 11 is 0. The van der Waals surface area contributed by atoms with Gasteiger partial charge in [0, 0.05) is 6.54 Å². The molecule has 0 amide bonds. The Kier molecular flexibility index (Phi) is 2.05. The Labute approximate surface area is 70.1 Å². The standard InChI is InChI=1S/C7H11N3O2/c1-5-9-7(12-10-5)6-4-11-3-2-8-6/h6,8H,2-4H2,1H3/t6-/m0/s1. The minimum Gasteiger partial charge on any atom is -0.378 e. The molecule has 2 rings (SSSR count).